The van der Waals surface area contributed by atoms with Crippen molar-refractivity contribution < 1.29 is 4.74 Å². The minimum absolute atomic E-state index is 0.871. The zero-order chi connectivity index (χ0) is 9.97. The van der Waals surface area contributed by atoms with Gasteiger partial charge in [0, 0.05) is 5.39 Å². The standard InChI is InChI=1S/C13H12O/c1-3-14-12-9-5-8-11-7-4-6-10(2)13(11)12/h3-9H,1H2,2H3. The van der Waals surface area contributed by atoms with E-state index in [0.29, 0.717) is 0 Å². The molecule has 0 aromatic heterocycles. The van der Waals surface area contributed by atoms with Gasteiger partial charge in [-0.3, -0.25) is 0 Å². The molecule has 0 aliphatic rings. The summed E-state index contributed by atoms with van der Waals surface area (Å²) < 4.78 is 5.36. The SMILES string of the molecule is C=COc1cccc2cccc(C)c12. The number of hydrogen-bond donors (Lipinski definition) is 0. The first-order valence-electron chi connectivity index (χ1n) is 4.59. The van der Waals surface area contributed by atoms with E-state index < -0.39 is 0 Å². The number of ether oxygens (including phenoxy) is 1. The molecule has 2 rings (SSSR count). The van der Waals surface area contributed by atoms with Crippen LogP contribution < -0.4 is 4.74 Å². The highest BCUT2D eigenvalue weighted by atomic mass is 16.5. The molecule has 70 valence electrons. The van der Waals surface area contributed by atoms with E-state index in [-0.39, 0.29) is 0 Å². The summed E-state index contributed by atoms with van der Waals surface area (Å²) in [6, 6.07) is 12.2. The van der Waals surface area contributed by atoms with Crippen molar-refractivity contribution >= 4 is 10.8 Å². The van der Waals surface area contributed by atoms with Crippen LogP contribution in [0.4, 0.5) is 0 Å². The number of fused-ring (bicyclic) bond motifs is 1. The van der Waals surface area contributed by atoms with Gasteiger partial charge in [0.2, 0.25) is 0 Å². The summed E-state index contributed by atoms with van der Waals surface area (Å²) >= 11 is 0. The molecule has 0 saturated heterocycles. The number of rotatable bonds is 2. The predicted octanol–water partition coefficient (Wildman–Crippen LogP) is 3.67. The van der Waals surface area contributed by atoms with Gasteiger partial charge >= 0.3 is 0 Å². The lowest BCUT2D eigenvalue weighted by Gasteiger charge is -2.07. The largest absolute Gasteiger partial charge is 0.465 e. The first-order valence-corrected chi connectivity index (χ1v) is 4.59. The molecule has 0 spiro atoms. The van der Waals surface area contributed by atoms with Crippen LogP contribution in [0.1, 0.15) is 5.56 Å². The fourth-order valence-corrected chi connectivity index (χ4v) is 1.68. The average molecular weight is 184 g/mol. The predicted molar refractivity (Wildman–Crippen MR) is 59.5 cm³/mol. The highest BCUT2D eigenvalue weighted by Gasteiger charge is 2.02. The fraction of sp³-hybridized carbons (Fsp3) is 0.0769. The summed E-state index contributed by atoms with van der Waals surface area (Å²) in [5, 5.41) is 2.36. The van der Waals surface area contributed by atoms with E-state index in [2.05, 4.69) is 37.8 Å². The molecular weight excluding hydrogens is 172 g/mol. The summed E-state index contributed by atoms with van der Waals surface area (Å²) in [6.07, 6.45) is 1.46. The third kappa shape index (κ3) is 1.37. The third-order valence-electron chi connectivity index (χ3n) is 2.29. The van der Waals surface area contributed by atoms with Crippen LogP contribution in [0.5, 0.6) is 5.75 Å². The van der Waals surface area contributed by atoms with Gasteiger partial charge in [0.15, 0.2) is 0 Å². The molecule has 0 bridgehead atoms. The molecule has 0 saturated carbocycles. The Morgan fingerprint density at radius 1 is 1.14 bits per heavy atom. The summed E-state index contributed by atoms with van der Waals surface area (Å²) in [4.78, 5) is 0. The van der Waals surface area contributed by atoms with E-state index in [1.165, 1.54) is 17.2 Å². The van der Waals surface area contributed by atoms with E-state index in [4.69, 9.17) is 4.74 Å². The van der Waals surface area contributed by atoms with Gasteiger partial charge < -0.3 is 4.74 Å². The Labute approximate surface area is 83.6 Å². The van der Waals surface area contributed by atoms with Crippen molar-refractivity contribution in [3.05, 3.63) is 54.8 Å². The van der Waals surface area contributed by atoms with Crippen LogP contribution in [-0.2, 0) is 0 Å². The Balaban J connectivity index is 2.77. The maximum atomic E-state index is 5.36. The molecule has 0 aliphatic carbocycles. The molecule has 0 atom stereocenters. The van der Waals surface area contributed by atoms with Crippen molar-refractivity contribution in [2.24, 2.45) is 0 Å². The van der Waals surface area contributed by atoms with Crippen molar-refractivity contribution in [2.45, 2.75) is 6.92 Å². The molecule has 1 heteroatoms. The van der Waals surface area contributed by atoms with Crippen molar-refractivity contribution in [1.82, 2.24) is 0 Å². The highest BCUT2D eigenvalue weighted by Crippen LogP contribution is 2.28. The lowest BCUT2D eigenvalue weighted by Crippen LogP contribution is -1.85. The first-order chi connectivity index (χ1) is 6.83. The number of benzene rings is 2. The van der Waals surface area contributed by atoms with Gasteiger partial charge in [0.05, 0.1) is 6.26 Å². The van der Waals surface area contributed by atoms with E-state index in [9.17, 15) is 0 Å². The molecule has 1 nitrogen and oxygen atoms in total. The minimum atomic E-state index is 0.871. The third-order valence-corrected chi connectivity index (χ3v) is 2.29. The van der Waals surface area contributed by atoms with Gasteiger partial charge in [0.25, 0.3) is 0 Å². The summed E-state index contributed by atoms with van der Waals surface area (Å²) in [6.45, 7) is 5.65. The topological polar surface area (TPSA) is 9.23 Å². The van der Waals surface area contributed by atoms with E-state index >= 15 is 0 Å². The minimum Gasteiger partial charge on any atom is -0.465 e. The molecule has 2 aromatic rings. The maximum absolute atomic E-state index is 5.36. The number of aryl methyl sites for hydroxylation is 1. The summed E-state index contributed by atoms with van der Waals surface area (Å²) in [5.41, 5.74) is 1.22. The second kappa shape index (κ2) is 3.54. The number of hydrogen-bond acceptors (Lipinski definition) is 1. The molecule has 0 N–H and O–H groups in total. The van der Waals surface area contributed by atoms with Gasteiger partial charge in [-0.15, -0.1) is 0 Å². The molecule has 2 aromatic carbocycles. The van der Waals surface area contributed by atoms with Gasteiger partial charge in [-0.25, -0.2) is 0 Å². The first kappa shape index (κ1) is 8.82. The monoisotopic (exact) mass is 184 g/mol. The van der Waals surface area contributed by atoms with E-state index in [1.54, 1.807) is 0 Å². The van der Waals surface area contributed by atoms with Gasteiger partial charge in [-0.1, -0.05) is 36.9 Å². The maximum Gasteiger partial charge on any atom is 0.134 e. The quantitative estimate of drug-likeness (QED) is 0.647. The molecule has 0 radical (unpaired) electrons. The van der Waals surface area contributed by atoms with E-state index in [1.807, 2.05) is 12.1 Å². The van der Waals surface area contributed by atoms with Crippen LogP contribution in [0.3, 0.4) is 0 Å². The van der Waals surface area contributed by atoms with Gasteiger partial charge in [-0.05, 0) is 23.9 Å². The zero-order valence-electron chi connectivity index (χ0n) is 8.16. The molecule has 0 amide bonds. The summed E-state index contributed by atoms with van der Waals surface area (Å²) in [5.74, 6) is 0.871. The van der Waals surface area contributed by atoms with Crippen LogP contribution in [0, 0.1) is 6.92 Å². The lowest BCUT2D eigenvalue weighted by molar-refractivity contribution is 0.489. The van der Waals surface area contributed by atoms with Crippen LogP contribution in [0.25, 0.3) is 10.8 Å². The second-order valence-corrected chi connectivity index (χ2v) is 3.21. The van der Waals surface area contributed by atoms with Crippen LogP contribution in [0.15, 0.2) is 49.2 Å². The molecule has 0 unspecified atom stereocenters. The summed E-state index contributed by atoms with van der Waals surface area (Å²) in [7, 11) is 0. The Morgan fingerprint density at radius 3 is 2.57 bits per heavy atom. The normalized spacial score (nSPS) is 10.1. The van der Waals surface area contributed by atoms with Crippen LogP contribution in [0.2, 0.25) is 0 Å². The second-order valence-electron chi connectivity index (χ2n) is 3.21. The van der Waals surface area contributed by atoms with Crippen molar-refractivity contribution in [1.29, 1.82) is 0 Å². The molecule has 0 heterocycles. The molecule has 14 heavy (non-hydrogen) atoms. The Kier molecular flexibility index (Phi) is 2.23. The molecule has 0 fully saturated rings. The van der Waals surface area contributed by atoms with Crippen molar-refractivity contribution in [2.75, 3.05) is 0 Å². The van der Waals surface area contributed by atoms with Crippen LogP contribution in [-0.4, -0.2) is 0 Å². The van der Waals surface area contributed by atoms with Gasteiger partial charge in [0.1, 0.15) is 5.75 Å². The van der Waals surface area contributed by atoms with Crippen molar-refractivity contribution in [3.63, 3.8) is 0 Å². The Morgan fingerprint density at radius 2 is 1.86 bits per heavy atom. The van der Waals surface area contributed by atoms with Crippen molar-refractivity contribution in [3.8, 4) is 5.75 Å². The van der Waals surface area contributed by atoms with E-state index in [0.717, 1.165) is 11.1 Å². The lowest BCUT2D eigenvalue weighted by atomic mass is 10.0. The molecule has 0 aliphatic heterocycles. The highest BCUT2D eigenvalue weighted by molar-refractivity contribution is 5.91. The smallest absolute Gasteiger partial charge is 0.134 e. The Hall–Kier alpha value is -1.76. The van der Waals surface area contributed by atoms with Gasteiger partial charge in [-0.2, -0.15) is 0 Å². The zero-order valence-corrected chi connectivity index (χ0v) is 8.16. The average Bonchev–Trinajstić information content (AvgIpc) is 2.19. The Bertz CT molecular complexity index is 466. The fourth-order valence-electron chi connectivity index (χ4n) is 1.68. The van der Waals surface area contributed by atoms with Crippen LogP contribution >= 0.6 is 0 Å². The molecular formula is C13H12O.